The van der Waals surface area contributed by atoms with Crippen LogP contribution in [0.4, 0.5) is 5.69 Å². The molecule has 0 bridgehead atoms. The number of aryl methyl sites for hydroxylation is 1. The van der Waals surface area contributed by atoms with Crippen LogP contribution in [-0.2, 0) is 16.1 Å². The van der Waals surface area contributed by atoms with Gasteiger partial charge in [-0.05, 0) is 49.4 Å². The van der Waals surface area contributed by atoms with Crippen molar-refractivity contribution in [3.05, 3.63) is 88.2 Å². The maximum atomic E-state index is 13.3. The van der Waals surface area contributed by atoms with Crippen LogP contribution < -0.4 is 0 Å². The zero-order valence-corrected chi connectivity index (χ0v) is 24.2. The summed E-state index contributed by atoms with van der Waals surface area (Å²) in [6.07, 6.45) is 6.08. The number of carbonyl (C=O) groups is 1. The lowest BCUT2D eigenvalue weighted by molar-refractivity contribution is -0.384. The molecule has 2 aromatic carbocycles. The van der Waals surface area contributed by atoms with E-state index in [4.69, 9.17) is 9.72 Å². The molecule has 9 heteroatoms. The summed E-state index contributed by atoms with van der Waals surface area (Å²) >= 11 is 0. The molecule has 2 atom stereocenters. The minimum absolute atomic E-state index is 0.0643. The molecule has 1 aliphatic carbocycles. The summed E-state index contributed by atoms with van der Waals surface area (Å²) in [5.41, 5.74) is 6.80. The molecule has 6 rings (SSSR count). The Morgan fingerprint density at radius 3 is 2.50 bits per heavy atom. The van der Waals surface area contributed by atoms with Crippen LogP contribution in [0.25, 0.3) is 28.0 Å². The first-order valence-electron chi connectivity index (χ1n) is 14.8. The molecule has 1 saturated carbocycles. The third-order valence-corrected chi connectivity index (χ3v) is 8.80. The van der Waals surface area contributed by atoms with E-state index in [9.17, 15) is 14.9 Å². The summed E-state index contributed by atoms with van der Waals surface area (Å²) in [7, 11) is 1.74. The van der Waals surface area contributed by atoms with E-state index in [1.54, 1.807) is 19.2 Å². The first kappa shape index (κ1) is 28.1. The number of methoxy groups -OCH3 is 1. The number of aromatic nitrogens is 2. The van der Waals surface area contributed by atoms with Crippen molar-refractivity contribution in [2.75, 3.05) is 33.3 Å². The first-order valence-corrected chi connectivity index (χ1v) is 14.8. The Kier molecular flexibility index (Phi) is 8.04. The molecule has 2 aliphatic rings. The van der Waals surface area contributed by atoms with Crippen molar-refractivity contribution in [3.8, 4) is 22.4 Å². The van der Waals surface area contributed by atoms with Crippen LogP contribution in [0.1, 0.15) is 36.9 Å². The van der Waals surface area contributed by atoms with Crippen LogP contribution in [0.5, 0.6) is 0 Å². The number of benzene rings is 2. The number of amides is 1. The van der Waals surface area contributed by atoms with Gasteiger partial charge in [0.2, 0.25) is 5.91 Å². The van der Waals surface area contributed by atoms with Gasteiger partial charge in [-0.2, -0.15) is 0 Å². The van der Waals surface area contributed by atoms with Gasteiger partial charge in [-0.25, -0.2) is 4.98 Å². The largest absolute Gasteiger partial charge is 0.381 e. The molecule has 4 aromatic rings. The lowest BCUT2D eigenvalue weighted by Crippen LogP contribution is -2.50. The number of hydrogen-bond donors (Lipinski definition) is 0. The van der Waals surface area contributed by atoms with E-state index in [-0.39, 0.29) is 28.5 Å². The molecule has 0 spiro atoms. The summed E-state index contributed by atoms with van der Waals surface area (Å²) in [5, 5.41) is 11.4. The van der Waals surface area contributed by atoms with Crippen molar-refractivity contribution in [1.82, 2.24) is 19.2 Å². The smallest absolute Gasteiger partial charge is 0.270 e. The average Bonchev–Trinajstić information content (AvgIpc) is 3.38. The molecule has 0 radical (unpaired) electrons. The van der Waals surface area contributed by atoms with Crippen LogP contribution in [0, 0.1) is 23.0 Å². The Hall–Kier alpha value is -4.08. The van der Waals surface area contributed by atoms with Gasteiger partial charge in [-0.3, -0.25) is 19.8 Å². The van der Waals surface area contributed by atoms with Gasteiger partial charge in [-0.15, -0.1) is 0 Å². The summed E-state index contributed by atoms with van der Waals surface area (Å²) in [6.45, 7) is 5.75. The number of fused-ring (bicyclic) bond motifs is 1. The highest BCUT2D eigenvalue weighted by molar-refractivity contribution is 5.79. The number of rotatable bonds is 7. The van der Waals surface area contributed by atoms with Crippen LogP contribution in [0.3, 0.4) is 0 Å². The van der Waals surface area contributed by atoms with Crippen molar-refractivity contribution in [2.45, 2.75) is 45.3 Å². The fourth-order valence-corrected chi connectivity index (χ4v) is 6.34. The second-order valence-corrected chi connectivity index (χ2v) is 11.5. The molecular formula is C33H37N5O4. The quantitative estimate of drug-likeness (QED) is 0.209. The molecule has 2 aromatic heterocycles. The number of hydrogen-bond acceptors (Lipinski definition) is 6. The Balaban J connectivity index is 1.27. The number of piperazine rings is 1. The SMILES string of the molecule is CO[C@H]1CCC[C@@H](C(=O)N2CCN(Cc3c(-c4ccc(C)cc4)nc4ccc(-c5cccc([N+](=O)[O-])c5)cn34)CC2)C1. The van der Waals surface area contributed by atoms with Crippen LogP contribution >= 0.6 is 0 Å². The fourth-order valence-electron chi connectivity index (χ4n) is 6.34. The maximum Gasteiger partial charge on any atom is 0.270 e. The number of non-ortho nitro benzene ring substituents is 1. The number of imidazole rings is 1. The molecule has 1 amide bonds. The number of carbonyl (C=O) groups excluding carboxylic acids is 1. The number of nitrogens with zero attached hydrogens (tertiary/aromatic N) is 5. The van der Waals surface area contributed by atoms with Gasteiger partial charge in [0.05, 0.1) is 22.4 Å². The van der Waals surface area contributed by atoms with Crippen molar-refractivity contribution in [1.29, 1.82) is 0 Å². The second kappa shape index (κ2) is 12.0. The fraction of sp³-hybridized carbons (Fsp3) is 0.394. The zero-order chi connectivity index (χ0) is 29.2. The van der Waals surface area contributed by atoms with Gasteiger partial charge < -0.3 is 14.0 Å². The highest BCUT2D eigenvalue weighted by Gasteiger charge is 2.32. The van der Waals surface area contributed by atoms with Gasteiger partial charge in [0.15, 0.2) is 0 Å². The Morgan fingerprint density at radius 2 is 1.76 bits per heavy atom. The molecule has 42 heavy (non-hydrogen) atoms. The van der Waals surface area contributed by atoms with Gasteiger partial charge in [0.1, 0.15) is 5.65 Å². The Labute approximate surface area is 245 Å². The van der Waals surface area contributed by atoms with Crippen molar-refractivity contribution in [3.63, 3.8) is 0 Å². The van der Waals surface area contributed by atoms with E-state index in [0.29, 0.717) is 19.6 Å². The molecule has 1 saturated heterocycles. The van der Waals surface area contributed by atoms with Gasteiger partial charge in [0.25, 0.3) is 5.69 Å². The monoisotopic (exact) mass is 567 g/mol. The summed E-state index contributed by atoms with van der Waals surface area (Å²) < 4.78 is 7.68. The summed E-state index contributed by atoms with van der Waals surface area (Å²) in [5.74, 6) is 0.336. The maximum absolute atomic E-state index is 13.3. The van der Waals surface area contributed by atoms with Crippen LogP contribution in [0.2, 0.25) is 0 Å². The highest BCUT2D eigenvalue weighted by atomic mass is 16.6. The zero-order valence-electron chi connectivity index (χ0n) is 24.2. The molecule has 1 aliphatic heterocycles. The van der Waals surface area contributed by atoms with E-state index in [2.05, 4.69) is 40.5 Å². The minimum Gasteiger partial charge on any atom is -0.381 e. The summed E-state index contributed by atoms with van der Waals surface area (Å²) in [6, 6.07) is 19.1. The second-order valence-electron chi connectivity index (χ2n) is 11.5. The number of nitro groups is 1. The molecule has 0 N–H and O–H groups in total. The molecular weight excluding hydrogens is 530 g/mol. The molecule has 218 valence electrons. The predicted octanol–water partition coefficient (Wildman–Crippen LogP) is 5.73. The number of pyridine rings is 1. The predicted molar refractivity (Wildman–Crippen MR) is 162 cm³/mol. The van der Waals surface area contributed by atoms with E-state index in [1.165, 1.54) is 11.6 Å². The summed E-state index contributed by atoms with van der Waals surface area (Å²) in [4.78, 5) is 33.8. The van der Waals surface area contributed by atoms with Gasteiger partial charge >= 0.3 is 0 Å². The molecule has 0 unspecified atom stereocenters. The van der Waals surface area contributed by atoms with E-state index >= 15 is 0 Å². The topological polar surface area (TPSA) is 93.2 Å². The van der Waals surface area contributed by atoms with E-state index in [0.717, 1.165) is 72.5 Å². The number of ether oxygens (including phenoxy) is 1. The lowest BCUT2D eigenvalue weighted by atomic mass is 9.86. The lowest BCUT2D eigenvalue weighted by Gasteiger charge is -2.38. The molecule has 9 nitrogen and oxygen atoms in total. The standard InChI is InChI=1S/C33H37N5O4/c1-23-9-11-24(12-10-23)32-30(22-35-15-17-36(18-16-35)33(39)26-6-4-8-29(20-26)42-2)37-21-27(13-14-31(37)34-32)25-5-3-7-28(19-25)38(40)41/h3,5,7,9-14,19,21,26,29H,4,6,8,15-18,20,22H2,1-2H3/t26-,29+/m1/s1. The van der Waals surface area contributed by atoms with Crippen molar-refractivity contribution >= 4 is 17.2 Å². The van der Waals surface area contributed by atoms with Crippen molar-refractivity contribution in [2.24, 2.45) is 5.92 Å². The van der Waals surface area contributed by atoms with Gasteiger partial charge in [0, 0.05) is 69.6 Å². The van der Waals surface area contributed by atoms with E-state index < -0.39 is 0 Å². The minimum atomic E-state index is -0.366. The van der Waals surface area contributed by atoms with Crippen LogP contribution in [-0.4, -0.2) is 69.4 Å². The first-order chi connectivity index (χ1) is 20.4. The third-order valence-electron chi connectivity index (χ3n) is 8.80. The highest BCUT2D eigenvalue weighted by Crippen LogP contribution is 2.31. The average molecular weight is 568 g/mol. The normalized spacial score (nSPS) is 19.7. The third kappa shape index (κ3) is 5.80. The number of nitro benzene ring substituents is 1. The Bertz CT molecular complexity index is 1590. The molecule has 3 heterocycles. The Morgan fingerprint density at radius 1 is 1.00 bits per heavy atom. The van der Waals surface area contributed by atoms with Gasteiger partial charge in [-0.1, -0.05) is 48.4 Å². The van der Waals surface area contributed by atoms with E-state index in [1.807, 2.05) is 29.3 Å². The van der Waals surface area contributed by atoms with Crippen LogP contribution in [0.15, 0.2) is 66.9 Å². The molecule has 2 fully saturated rings. The van der Waals surface area contributed by atoms with Crippen molar-refractivity contribution < 1.29 is 14.5 Å².